The number of nitrogens with one attached hydrogen (secondary N) is 1. The molecule has 0 unspecified atom stereocenters. The molecule has 1 heterocycles. The summed E-state index contributed by atoms with van der Waals surface area (Å²) in [7, 11) is 1.56. The van der Waals surface area contributed by atoms with Crippen LogP contribution < -0.4 is 10.9 Å². The van der Waals surface area contributed by atoms with Crippen molar-refractivity contribution in [3.8, 4) is 0 Å². The van der Waals surface area contributed by atoms with Crippen molar-refractivity contribution < 1.29 is 4.79 Å². The van der Waals surface area contributed by atoms with E-state index >= 15 is 0 Å². The van der Waals surface area contributed by atoms with Crippen molar-refractivity contribution in [3.05, 3.63) is 76.2 Å². The molecule has 1 N–H and O–H groups in total. The van der Waals surface area contributed by atoms with Crippen molar-refractivity contribution in [1.29, 1.82) is 0 Å². The molecule has 0 radical (unpaired) electrons. The molecule has 0 spiro atoms. The molecule has 1 atom stereocenters. The normalized spacial score (nSPS) is 12.1. The highest BCUT2D eigenvalue weighted by atomic mass is 16.2. The summed E-state index contributed by atoms with van der Waals surface area (Å²) in [5.74, 6) is -0.269. The largest absolute Gasteiger partial charge is 0.344 e. The third kappa shape index (κ3) is 3.45. The molecule has 128 valence electrons. The van der Waals surface area contributed by atoms with E-state index in [4.69, 9.17) is 0 Å². The summed E-state index contributed by atoms with van der Waals surface area (Å²) in [6, 6.07) is 16.9. The van der Waals surface area contributed by atoms with E-state index in [0.717, 1.165) is 18.4 Å². The van der Waals surface area contributed by atoms with Gasteiger partial charge in [-0.05, 0) is 18.1 Å². The third-order valence-corrected chi connectivity index (χ3v) is 4.26. The van der Waals surface area contributed by atoms with Crippen LogP contribution in [0.15, 0.2) is 59.4 Å². The van der Waals surface area contributed by atoms with Gasteiger partial charge in [-0.15, -0.1) is 0 Å². The van der Waals surface area contributed by atoms with E-state index in [-0.39, 0.29) is 23.2 Å². The molecular weight excluding hydrogens is 314 g/mol. The maximum Gasteiger partial charge on any atom is 0.274 e. The van der Waals surface area contributed by atoms with Crippen LogP contribution >= 0.6 is 0 Å². The van der Waals surface area contributed by atoms with Gasteiger partial charge in [-0.1, -0.05) is 61.9 Å². The molecular formula is C20H21N3O2. The second-order valence-corrected chi connectivity index (χ2v) is 6.05. The molecule has 2 aromatic carbocycles. The number of benzene rings is 2. The second-order valence-electron chi connectivity index (χ2n) is 6.05. The predicted octanol–water partition coefficient (Wildman–Crippen LogP) is 3.20. The molecule has 3 aromatic rings. The van der Waals surface area contributed by atoms with Gasteiger partial charge in [0.05, 0.1) is 11.4 Å². The fraction of sp³-hybridized carbons (Fsp3) is 0.250. The van der Waals surface area contributed by atoms with Crippen LogP contribution in [0.5, 0.6) is 0 Å². The van der Waals surface area contributed by atoms with Crippen molar-refractivity contribution in [2.24, 2.45) is 7.05 Å². The van der Waals surface area contributed by atoms with Crippen LogP contribution in [-0.2, 0) is 7.05 Å². The Morgan fingerprint density at radius 3 is 2.40 bits per heavy atom. The summed E-state index contributed by atoms with van der Waals surface area (Å²) < 4.78 is 1.22. The summed E-state index contributed by atoms with van der Waals surface area (Å²) in [6.45, 7) is 2.09. The number of hydrogen-bond donors (Lipinski definition) is 1. The van der Waals surface area contributed by atoms with Crippen molar-refractivity contribution in [2.75, 3.05) is 0 Å². The van der Waals surface area contributed by atoms with Gasteiger partial charge in [0.1, 0.15) is 0 Å². The minimum atomic E-state index is -0.269. The monoisotopic (exact) mass is 335 g/mol. The molecule has 0 aliphatic rings. The first-order chi connectivity index (χ1) is 12.1. The minimum absolute atomic E-state index is 0.0866. The lowest BCUT2D eigenvalue weighted by Gasteiger charge is -2.19. The van der Waals surface area contributed by atoms with Crippen LogP contribution in [0.25, 0.3) is 10.8 Å². The average Bonchev–Trinajstić information content (AvgIpc) is 2.65. The van der Waals surface area contributed by atoms with E-state index in [1.54, 1.807) is 31.3 Å². The lowest BCUT2D eigenvalue weighted by molar-refractivity contribution is 0.0929. The van der Waals surface area contributed by atoms with E-state index in [0.29, 0.717) is 10.8 Å². The number of carbonyl (C=O) groups is 1. The smallest absolute Gasteiger partial charge is 0.274 e. The molecule has 0 aliphatic carbocycles. The minimum Gasteiger partial charge on any atom is -0.344 e. The lowest BCUT2D eigenvalue weighted by atomic mass is 10.0. The first-order valence-electron chi connectivity index (χ1n) is 8.43. The Kier molecular flexibility index (Phi) is 4.93. The van der Waals surface area contributed by atoms with E-state index in [1.807, 2.05) is 30.3 Å². The first-order valence-corrected chi connectivity index (χ1v) is 8.43. The van der Waals surface area contributed by atoms with Gasteiger partial charge in [0, 0.05) is 12.4 Å². The zero-order chi connectivity index (χ0) is 17.8. The Bertz CT molecular complexity index is 948. The second kappa shape index (κ2) is 7.30. The SMILES string of the molecule is CCC[C@@H](NC(=O)c1nn(C)c(=O)c2ccccc12)c1ccccc1. The van der Waals surface area contributed by atoms with Gasteiger partial charge < -0.3 is 5.32 Å². The Morgan fingerprint density at radius 1 is 1.08 bits per heavy atom. The number of carbonyl (C=O) groups excluding carboxylic acids is 1. The van der Waals surface area contributed by atoms with E-state index in [1.165, 1.54) is 4.68 Å². The summed E-state index contributed by atoms with van der Waals surface area (Å²) in [6.07, 6.45) is 1.78. The molecule has 0 saturated carbocycles. The number of fused-ring (bicyclic) bond motifs is 1. The predicted molar refractivity (Wildman–Crippen MR) is 98.5 cm³/mol. The zero-order valence-electron chi connectivity index (χ0n) is 14.4. The highest BCUT2D eigenvalue weighted by Crippen LogP contribution is 2.20. The summed E-state index contributed by atoms with van der Waals surface area (Å²) in [4.78, 5) is 25.1. The lowest BCUT2D eigenvalue weighted by Crippen LogP contribution is -2.32. The Hall–Kier alpha value is -2.95. The van der Waals surface area contributed by atoms with Crippen LogP contribution in [0.3, 0.4) is 0 Å². The Balaban J connectivity index is 1.99. The van der Waals surface area contributed by atoms with Gasteiger partial charge in [0.25, 0.3) is 11.5 Å². The fourth-order valence-electron chi connectivity index (χ4n) is 2.99. The van der Waals surface area contributed by atoms with E-state index in [2.05, 4.69) is 17.3 Å². The highest BCUT2D eigenvalue weighted by Gasteiger charge is 2.19. The van der Waals surface area contributed by atoms with E-state index < -0.39 is 0 Å². The first kappa shape index (κ1) is 16.9. The van der Waals surface area contributed by atoms with Crippen molar-refractivity contribution in [3.63, 3.8) is 0 Å². The number of hydrogen-bond acceptors (Lipinski definition) is 3. The van der Waals surface area contributed by atoms with Gasteiger partial charge in [0.2, 0.25) is 0 Å². The molecule has 1 aromatic heterocycles. The van der Waals surface area contributed by atoms with Gasteiger partial charge >= 0.3 is 0 Å². The van der Waals surface area contributed by atoms with Crippen LogP contribution in [0, 0.1) is 0 Å². The van der Waals surface area contributed by atoms with Crippen LogP contribution in [0.1, 0.15) is 41.9 Å². The maximum atomic E-state index is 12.9. The summed E-state index contributed by atoms with van der Waals surface area (Å²) in [5, 5.41) is 8.34. The van der Waals surface area contributed by atoms with Crippen LogP contribution in [0.2, 0.25) is 0 Å². The molecule has 0 fully saturated rings. The zero-order valence-corrected chi connectivity index (χ0v) is 14.4. The Morgan fingerprint density at radius 2 is 1.72 bits per heavy atom. The number of aromatic nitrogens is 2. The molecule has 0 aliphatic heterocycles. The third-order valence-electron chi connectivity index (χ3n) is 4.26. The fourth-order valence-corrected chi connectivity index (χ4v) is 2.99. The Labute approximate surface area is 146 Å². The number of aryl methyl sites for hydroxylation is 1. The van der Waals surface area contributed by atoms with Crippen LogP contribution in [-0.4, -0.2) is 15.7 Å². The van der Waals surface area contributed by atoms with Gasteiger partial charge in [-0.25, -0.2) is 4.68 Å². The standard InChI is InChI=1S/C20H21N3O2/c1-3-9-17(14-10-5-4-6-11-14)21-19(24)18-15-12-7-8-13-16(15)20(25)23(2)22-18/h4-8,10-13,17H,3,9H2,1-2H3,(H,21,24)/t17-/m1/s1. The topological polar surface area (TPSA) is 64.0 Å². The quantitative estimate of drug-likeness (QED) is 0.779. The maximum absolute atomic E-state index is 12.9. The number of amides is 1. The molecule has 5 heteroatoms. The van der Waals surface area contributed by atoms with Gasteiger partial charge in [-0.3, -0.25) is 9.59 Å². The van der Waals surface area contributed by atoms with Crippen molar-refractivity contribution in [2.45, 2.75) is 25.8 Å². The van der Waals surface area contributed by atoms with Crippen LogP contribution in [0.4, 0.5) is 0 Å². The average molecular weight is 335 g/mol. The van der Waals surface area contributed by atoms with Gasteiger partial charge in [0.15, 0.2) is 5.69 Å². The highest BCUT2D eigenvalue weighted by molar-refractivity contribution is 6.04. The number of rotatable bonds is 5. The number of nitrogens with zero attached hydrogens (tertiary/aromatic N) is 2. The van der Waals surface area contributed by atoms with Gasteiger partial charge in [-0.2, -0.15) is 5.10 Å². The molecule has 1 amide bonds. The molecule has 25 heavy (non-hydrogen) atoms. The van der Waals surface area contributed by atoms with E-state index in [9.17, 15) is 9.59 Å². The molecule has 3 rings (SSSR count). The van der Waals surface area contributed by atoms with Crippen molar-refractivity contribution >= 4 is 16.7 Å². The molecule has 5 nitrogen and oxygen atoms in total. The molecule has 0 bridgehead atoms. The molecule has 0 saturated heterocycles. The summed E-state index contributed by atoms with van der Waals surface area (Å²) >= 11 is 0. The van der Waals surface area contributed by atoms with Crippen molar-refractivity contribution in [1.82, 2.24) is 15.1 Å². The summed E-state index contributed by atoms with van der Waals surface area (Å²) in [5.41, 5.74) is 1.13.